The molecule has 0 saturated carbocycles. The Morgan fingerprint density at radius 1 is 1.39 bits per heavy atom. The summed E-state index contributed by atoms with van der Waals surface area (Å²) in [6, 6.07) is 4.93. The summed E-state index contributed by atoms with van der Waals surface area (Å²) in [5.74, 6) is -0.990. The summed E-state index contributed by atoms with van der Waals surface area (Å²) in [7, 11) is 0. The highest BCUT2D eigenvalue weighted by Crippen LogP contribution is 2.28. The van der Waals surface area contributed by atoms with Crippen LogP contribution in [0.5, 0.6) is 0 Å². The molecular formula is C14H15NO3. The van der Waals surface area contributed by atoms with Crippen molar-refractivity contribution in [3.05, 3.63) is 41.5 Å². The number of carbonyl (C=O) groups excluding carboxylic acids is 1. The maximum absolute atomic E-state index is 11.9. The van der Waals surface area contributed by atoms with Crippen molar-refractivity contribution in [2.75, 3.05) is 11.4 Å². The van der Waals surface area contributed by atoms with Crippen molar-refractivity contribution in [3.8, 4) is 0 Å². The standard InChI is InChI=1S/C14H15NO3/c1-2-4-13(16)15-8-3-5-10-9-11(14(17)18)6-7-12(10)15/h2,4,6-7,9H,3,5,8H2,1H3,(H,17,18)/b4-2+. The summed E-state index contributed by atoms with van der Waals surface area (Å²) in [6.07, 6.45) is 4.91. The number of fused-ring (bicyclic) bond motifs is 1. The Kier molecular flexibility index (Phi) is 3.46. The molecule has 1 N–H and O–H groups in total. The molecule has 1 aliphatic rings. The number of anilines is 1. The second kappa shape index (κ2) is 5.04. The average molecular weight is 245 g/mol. The smallest absolute Gasteiger partial charge is 0.335 e. The van der Waals surface area contributed by atoms with Gasteiger partial charge in [-0.1, -0.05) is 6.08 Å². The molecule has 0 bridgehead atoms. The number of hydrogen-bond donors (Lipinski definition) is 1. The molecule has 94 valence electrons. The monoisotopic (exact) mass is 245 g/mol. The largest absolute Gasteiger partial charge is 0.478 e. The van der Waals surface area contributed by atoms with Gasteiger partial charge in [-0.25, -0.2) is 4.79 Å². The molecule has 1 amide bonds. The van der Waals surface area contributed by atoms with E-state index in [1.807, 2.05) is 0 Å². The van der Waals surface area contributed by atoms with Crippen molar-refractivity contribution in [1.29, 1.82) is 0 Å². The van der Waals surface area contributed by atoms with Crippen LogP contribution in [0.25, 0.3) is 0 Å². The molecule has 0 aromatic heterocycles. The van der Waals surface area contributed by atoms with Gasteiger partial charge in [0.15, 0.2) is 0 Å². The summed E-state index contributed by atoms with van der Waals surface area (Å²) in [4.78, 5) is 24.5. The van der Waals surface area contributed by atoms with E-state index in [2.05, 4.69) is 0 Å². The number of rotatable bonds is 2. The quantitative estimate of drug-likeness (QED) is 0.813. The maximum atomic E-state index is 11.9. The van der Waals surface area contributed by atoms with Crippen LogP contribution in [0.15, 0.2) is 30.4 Å². The minimum atomic E-state index is -0.935. The summed E-state index contributed by atoms with van der Waals surface area (Å²) in [5.41, 5.74) is 2.03. The number of nitrogens with zero attached hydrogens (tertiary/aromatic N) is 1. The van der Waals surface area contributed by atoms with Crippen LogP contribution in [0.1, 0.15) is 29.3 Å². The Labute approximate surface area is 106 Å². The number of carboxylic acid groups (broad SMARTS) is 1. The molecule has 0 unspecified atom stereocenters. The van der Waals surface area contributed by atoms with E-state index in [0.29, 0.717) is 6.54 Å². The number of amides is 1. The lowest BCUT2D eigenvalue weighted by Gasteiger charge is -2.28. The maximum Gasteiger partial charge on any atom is 0.335 e. The summed E-state index contributed by atoms with van der Waals surface area (Å²) < 4.78 is 0. The molecule has 4 nitrogen and oxygen atoms in total. The number of aromatic carboxylic acids is 1. The Bertz CT molecular complexity index is 520. The lowest BCUT2D eigenvalue weighted by molar-refractivity contribution is -0.114. The van der Waals surface area contributed by atoms with Crippen LogP contribution in [-0.4, -0.2) is 23.5 Å². The van der Waals surface area contributed by atoms with Crippen LogP contribution in [0.4, 0.5) is 5.69 Å². The highest BCUT2D eigenvalue weighted by Gasteiger charge is 2.21. The first-order valence-electron chi connectivity index (χ1n) is 5.94. The number of hydrogen-bond acceptors (Lipinski definition) is 2. The van der Waals surface area contributed by atoms with Crippen molar-refractivity contribution < 1.29 is 14.7 Å². The molecule has 0 spiro atoms. The van der Waals surface area contributed by atoms with Gasteiger partial charge in [0.1, 0.15) is 0 Å². The number of benzene rings is 1. The zero-order valence-corrected chi connectivity index (χ0v) is 10.2. The molecule has 1 aliphatic heterocycles. The summed E-state index contributed by atoms with van der Waals surface area (Å²) >= 11 is 0. The molecule has 0 saturated heterocycles. The summed E-state index contributed by atoms with van der Waals surface area (Å²) in [5, 5.41) is 8.95. The Balaban J connectivity index is 2.38. The molecule has 0 fully saturated rings. The number of carboxylic acids is 1. The van der Waals surface area contributed by atoms with Gasteiger partial charge in [-0.3, -0.25) is 4.79 Å². The van der Waals surface area contributed by atoms with Gasteiger partial charge in [0.05, 0.1) is 5.56 Å². The molecule has 1 heterocycles. The predicted octanol–water partition coefficient (Wildman–Crippen LogP) is 2.24. The van der Waals surface area contributed by atoms with Crippen molar-refractivity contribution in [2.45, 2.75) is 19.8 Å². The lowest BCUT2D eigenvalue weighted by atomic mass is 9.99. The number of allylic oxidation sites excluding steroid dienone is 1. The second-order valence-corrected chi connectivity index (χ2v) is 4.24. The van der Waals surface area contributed by atoms with Crippen LogP contribution < -0.4 is 4.90 Å². The van der Waals surface area contributed by atoms with E-state index in [9.17, 15) is 9.59 Å². The van der Waals surface area contributed by atoms with Gasteiger partial charge in [0.2, 0.25) is 0 Å². The zero-order valence-electron chi connectivity index (χ0n) is 10.2. The number of aryl methyl sites for hydroxylation is 1. The highest BCUT2D eigenvalue weighted by atomic mass is 16.4. The molecule has 2 rings (SSSR count). The lowest BCUT2D eigenvalue weighted by Crippen LogP contribution is -2.34. The van der Waals surface area contributed by atoms with Gasteiger partial charge in [0.25, 0.3) is 5.91 Å². The van der Waals surface area contributed by atoms with E-state index in [4.69, 9.17) is 5.11 Å². The van der Waals surface area contributed by atoms with Crippen molar-refractivity contribution in [1.82, 2.24) is 0 Å². The van der Waals surface area contributed by atoms with Crippen molar-refractivity contribution in [2.24, 2.45) is 0 Å². The minimum absolute atomic E-state index is 0.0541. The van der Waals surface area contributed by atoms with Gasteiger partial charge >= 0.3 is 5.97 Å². The fraction of sp³-hybridized carbons (Fsp3) is 0.286. The predicted molar refractivity (Wildman–Crippen MR) is 68.9 cm³/mol. The first-order valence-corrected chi connectivity index (χ1v) is 5.94. The van der Waals surface area contributed by atoms with E-state index in [-0.39, 0.29) is 11.5 Å². The van der Waals surface area contributed by atoms with Gasteiger partial charge in [0, 0.05) is 12.2 Å². The zero-order chi connectivity index (χ0) is 13.1. The van der Waals surface area contributed by atoms with Crippen LogP contribution in [0, 0.1) is 0 Å². The fourth-order valence-corrected chi connectivity index (χ4v) is 2.19. The van der Waals surface area contributed by atoms with Crippen LogP contribution in [0.2, 0.25) is 0 Å². The molecule has 0 aliphatic carbocycles. The highest BCUT2D eigenvalue weighted by molar-refractivity contribution is 6.02. The van der Waals surface area contributed by atoms with Gasteiger partial charge in [-0.2, -0.15) is 0 Å². The normalized spacial score (nSPS) is 14.6. The van der Waals surface area contributed by atoms with Crippen LogP contribution in [0.3, 0.4) is 0 Å². The minimum Gasteiger partial charge on any atom is -0.478 e. The topological polar surface area (TPSA) is 57.6 Å². The molecule has 4 heteroatoms. The van der Waals surface area contributed by atoms with Gasteiger partial charge < -0.3 is 10.0 Å². The molecular weight excluding hydrogens is 230 g/mol. The van der Waals surface area contributed by atoms with E-state index in [1.54, 1.807) is 36.1 Å². The molecule has 1 aromatic rings. The third kappa shape index (κ3) is 2.27. The fourth-order valence-electron chi connectivity index (χ4n) is 2.19. The third-order valence-electron chi connectivity index (χ3n) is 3.02. The Morgan fingerprint density at radius 3 is 2.83 bits per heavy atom. The van der Waals surface area contributed by atoms with E-state index >= 15 is 0 Å². The Hall–Kier alpha value is -2.10. The van der Waals surface area contributed by atoms with Crippen LogP contribution >= 0.6 is 0 Å². The second-order valence-electron chi connectivity index (χ2n) is 4.24. The van der Waals surface area contributed by atoms with E-state index in [0.717, 1.165) is 24.1 Å². The SMILES string of the molecule is C/C=C/C(=O)N1CCCc2cc(C(=O)O)ccc21. The molecule has 1 aromatic carbocycles. The molecule has 18 heavy (non-hydrogen) atoms. The number of carbonyl (C=O) groups is 2. The van der Waals surface area contributed by atoms with Gasteiger partial charge in [-0.15, -0.1) is 0 Å². The molecule has 0 atom stereocenters. The Morgan fingerprint density at radius 2 is 2.17 bits per heavy atom. The van der Waals surface area contributed by atoms with E-state index in [1.165, 1.54) is 6.08 Å². The average Bonchev–Trinajstić information content (AvgIpc) is 2.37. The van der Waals surface area contributed by atoms with E-state index < -0.39 is 5.97 Å². The summed E-state index contributed by atoms with van der Waals surface area (Å²) in [6.45, 7) is 2.48. The third-order valence-corrected chi connectivity index (χ3v) is 3.02. The first kappa shape index (κ1) is 12.4. The van der Waals surface area contributed by atoms with Gasteiger partial charge in [-0.05, 0) is 49.6 Å². The molecule has 0 radical (unpaired) electrons. The van der Waals surface area contributed by atoms with Crippen LogP contribution in [-0.2, 0) is 11.2 Å². The van der Waals surface area contributed by atoms with Crippen molar-refractivity contribution in [3.63, 3.8) is 0 Å². The first-order chi connectivity index (χ1) is 8.63. The van der Waals surface area contributed by atoms with Crippen molar-refractivity contribution >= 4 is 17.6 Å².